The van der Waals surface area contributed by atoms with Crippen LogP contribution >= 0.6 is 0 Å². The molecule has 1 atom stereocenters. The lowest BCUT2D eigenvalue weighted by Crippen LogP contribution is -3.00. The molecule has 1 aromatic heterocycles. The highest BCUT2D eigenvalue weighted by Crippen LogP contribution is 2.16. The minimum absolute atomic E-state index is 0. The Kier molecular flexibility index (Phi) is 13.6. The summed E-state index contributed by atoms with van der Waals surface area (Å²) in [5.74, 6) is -0.294. The van der Waals surface area contributed by atoms with Gasteiger partial charge in [0.1, 0.15) is 6.54 Å². The average molecular weight is 495 g/mol. The molecule has 0 saturated heterocycles. The molecule has 28 heavy (non-hydrogen) atoms. The lowest BCUT2D eigenvalue weighted by Gasteiger charge is -2.11. The molecule has 0 unspecified atom stereocenters. The molecule has 0 bridgehead atoms. The third-order valence-electron chi connectivity index (χ3n) is 4.99. The molecule has 0 fully saturated rings. The first kappa shape index (κ1) is 24.6. The number of pyridine rings is 1. The minimum Gasteiger partial charge on any atom is -1.00 e. The third-order valence-corrected chi connectivity index (χ3v) is 4.99. The molecule has 3 nitrogen and oxygen atoms in total. The Morgan fingerprint density at radius 2 is 1.36 bits per heavy atom. The Hall–Kier alpha value is -1.43. The summed E-state index contributed by atoms with van der Waals surface area (Å²) in [6, 6.07) is 16.1. The third kappa shape index (κ3) is 10.2. The van der Waals surface area contributed by atoms with Crippen LogP contribution in [0.3, 0.4) is 0 Å². The van der Waals surface area contributed by atoms with Gasteiger partial charge in [-0.15, -0.1) is 0 Å². The van der Waals surface area contributed by atoms with Gasteiger partial charge in [0, 0.05) is 18.6 Å². The van der Waals surface area contributed by atoms with Gasteiger partial charge in [-0.3, -0.25) is 4.79 Å². The van der Waals surface area contributed by atoms with Gasteiger partial charge in [-0.1, -0.05) is 68.5 Å². The Morgan fingerprint density at radius 1 is 0.821 bits per heavy atom. The van der Waals surface area contributed by atoms with Crippen molar-refractivity contribution < 1.29 is 38.1 Å². The van der Waals surface area contributed by atoms with Gasteiger partial charge < -0.3 is 28.7 Å². The maximum Gasteiger partial charge on any atom is 0.313 e. The molecule has 0 spiro atoms. The summed E-state index contributed by atoms with van der Waals surface area (Å²) in [7, 11) is 0. The Morgan fingerprint density at radius 3 is 2.00 bits per heavy atom. The van der Waals surface area contributed by atoms with Gasteiger partial charge in [0.15, 0.2) is 12.4 Å². The smallest absolute Gasteiger partial charge is 0.313 e. The van der Waals surface area contributed by atoms with Crippen molar-refractivity contribution >= 4 is 5.97 Å². The number of carbonyl (C=O) groups excluding carboxylic acids is 1. The molecule has 0 N–H and O–H groups in total. The van der Waals surface area contributed by atoms with Gasteiger partial charge in [0.25, 0.3) is 0 Å². The number of benzene rings is 1. The van der Waals surface area contributed by atoms with Crippen molar-refractivity contribution in [3.8, 4) is 0 Å². The first-order chi connectivity index (χ1) is 13.3. The Bertz CT molecular complexity index is 634. The highest BCUT2D eigenvalue weighted by atomic mass is 127. The van der Waals surface area contributed by atoms with Gasteiger partial charge in [-0.2, -0.15) is 0 Å². The van der Waals surface area contributed by atoms with Crippen LogP contribution in [-0.2, 0) is 16.1 Å². The van der Waals surface area contributed by atoms with E-state index in [0.717, 1.165) is 24.9 Å². The summed E-state index contributed by atoms with van der Waals surface area (Å²) >= 11 is 0. The molecule has 1 heterocycles. The number of hydrogen-bond acceptors (Lipinski definition) is 2. The molecule has 0 aliphatic rings. The molecule has 2 aromatic rings. The molecule has 0 amide bonds. The van der Waals surface area contributed by atoms with E-state index in [2.05, 4.69) is 35.2 Å². The number of halogens is 1. The summed E-state index contributed by atoms with van der Waals surface area (Å²) in [5, 5.41) is 0. The molecule has 1 aromatic carbocycles. The fraction of sp³-hybridized carbons (Fsp3) is 0.500. The zero-order valence-corrected chi connectivity index (χ0v) is 19.2. The standard InChI is InChI=1S/C24H34NO2.HI/c1-22(23-16-10-8-11-17-23)24(26)27-21-15-7-5-3-2-4-6-12-18-25-19-13-9-14-20-25;/h8-11,13-14,16-17,19-20,22H,2-7,12,15,18,21H2,1H3;1H/q+1;/p-1/t22-;/m1./s1. The Balaban J connectivity index is 0.00000392. The quantitative estimate of drug-likeness (QED) is 0.185. The molecule has 154 valence electrons. The summed E-state index contributed by atoms with van der Waals surface area (Å²) < 4.78 is 7.67. The number of aromatic nitrogens is 1. The fourth-order valence-electron chi connectivity index (χ4n) is 3.22. The molecule has 0 aliphatic heterocycles. The molecule has 0 saturated carbocycles. The number of esters is 1. The summed E-state index contributed by atoms with van der Waals surface area (Å²) in [6.45, 7) is 3.58. The number of nitrogens with zero attached hydrogens (tertiary/aromatic N) is 1. The predicted molar refractivity (Wildman–Crippen MR) is 109 cm³/mol. The zero-order chi connectivity index (χ0) is 19.2. The minimum atomic E-state index is -0.180. The van der Waals surface area contributed by atoms with Crippen molar-refractivity contribution in [3.05, 3.63) is 66.5 Å². The van der Waals surface area contributed by atoms with Crippen molar-refractivity contribution in [2.75, 3.05) is 6.61 Å². The highest BCUT2D eigenvalue weighted by molar-refractivity contribution is 5.77. The molecular weight excluding hydrogens is 461 g/mol. The lowest BCUT2D eigenvalue weighted by atomic mass is 10.0. The van der Waals surface area contributed by atoms with Crippen LogP contribution in [0.2, 0.25) is 0 Å². The van der Waals surface area contributed by atoms with E-state index in [1.54, 1.807) is 0 Å². The molecular formula is C24H34INO2. The number of unbranched alkanes of at least 4 members (excludes halogenated alkanes) is 7. The van der Waals surface area contributed by atoms with Crippen molar-refractivity contribution in [2.24, 2.45) is 0 Å². The maximum absolute atomic E-state index is 12.1. The second kappa shape index (κ2) is 15.5. The van der Waals surface area contributed by atoms with E-state index in [1.165, 1.54) is 38.5 Å². The SMILES string of the molecule is C[C@@H](C(=O)OCCCCCCCCCC[n+]1ccccc1)c1ccccc1.[I-]. The van der Waals surface area contributed by atoms with Gasteiger partial charge in [0.2, 0.25) is 0 Å². The first-order valence-electron chi connectivity index (χ1n) is 10.4. The van der Waals surface area contributed by atoms with Crippen LogP contribution in [0.5, 0.6) is 0 Å². The predicted octanol–water partition coefficient (Wildman–Crippen LogP) is 2.45. The van der Waals surface area contributed by atoms with Crippen molar-refractivity contribution in [3.63, 3.8) is 0 Å². The van der Waals surface area contributed by atoms with Gasteiger partial charge in [0.05, 0.1) is 12.5 Å². The van der Waals surface area contributed by atoms with Crippen LogP contribution in [0.1, 0.15) is 69.8 Å². The number of hydrogen-bond donors (Lipinski definition) is 0. The summed E-state index contributed by atoms with van der Waals surface area (Å²) in [4.78, 5) is 12.1. The van der Waals surface area contributed by atoms with Crippen LogP contribution in [-0.4, -0.2) is 12.6 Å². The van der Waals surface area contributed by atoms with Gasteiger partial charge >= 0.3 is 5.97 Å². The summed E-state index contributed by atoms with van der Waals surface area (Å²) in [5.41, 5.74) is 1.02. The number of ether oxygens (including phenoxy) is 1. The van der Waals surface area contributed by atoms with Crippen molar-refractivity contribution in [1.82, 2.24) is 0 Å². The second-order valence-electron chi connectivity index (χ2n) is 7.24. The van der Waals surface area contributed by atoms with Crippen molar-refractivity contribution in [1.29, 1.82) is 0 Å². The van der Waals surface area contributed by atoms with Gasteiger partial charge in [-0.05, 0) is 25.3 Å². The topological polar surface area (TPSA) is 30.2 Å². The van der Waals surface area contributed by atoms with Crippen LogP contribution in [0.15, 0.2) is 60.9 Å². The molecule has 0 radical (unpaired) electrons. The number of carbonyl (C=O) groups is 1. The molecule has 2 rings (SSSR count). The first-order valence-corrected chi connectivity index (χ1v) is 10.4. The van der Waals surface area contributed by atoms with Crippen LogP contribution in [0.25, 0.3) is 0 Å². The van der Waals surface area contributed by atoms with Crippen LogP contribution in [0, 0.1) is 0 Å². The van der Waals surface area contributed by atoms with E-state index >= 15 is 0 Å². The van der Waals surface area contributed by atoms with E-state index in [9.17, 15) is 4.79 Å². The summed E-state index contributed by atoms with van der Waals surface area (Å²) in [6.07, 6.45) is 14.1. The van der Waals surface area contributed by atoms with E-state index in [1.807, 2.05) is 37.3 Å². The van der Waals surface area contributed by atoms with Crippen LogP contribution in [0.4, 0.5) is 0 Å². The van der Waals surface area contributed by atoms with Crippen molar-refractivity contribution in [2.45, 2.75) is 70.8 Å². The maximum atomic E-state index is 12.1. The monoisotopic (exact) mass is 495 g/mol. The zero-order valence-electron chi connectivity index (χ0n) is 17.1. The Labute approximate surface area is 187 Å². The second-order valence-corrected chi connectivity index (χ2v) is 7.24. The highest BCUT2D eigenvalue weighted by Gasteiger charge is 2.15. The fourth-order valence-corrected chi connectivity index (χ4v) is 3.22. The van der Waals surface area contributed by atoms with E-state index < -0.39 is 0 Å². The molecule has 4 heteroatoms. The van der Waals surface area contributed by atoms with Crippen LogP contribution < -0.4 is 28.5 Å². The van der Waals surface area contributed by atoms with Gasteiger partial charge in [-0.25, -0.2) is 4.57 Å². The number of rotatable bonds is 13. The van der Waals surface area contributed by atoms with E-state index in [0.29, 0.717) is 6.61 Å². The van der Waals surface area contributed by atoms with E-state index in [-0.39, 0.29) is 35.9 Å². The average Bonchev–Trinajstić information content (AvgIpc) is 2.72. The molecule has 0 aliphatic carbocycles. The van der Waals surface area contributed by atoms with E-state index in [4.69, 9.17) is 4.74 Å². The largest absolute Gasteiger partial charge is 1.00 e. The number of aryl methyl sites for hydroxylation is 1. The lowest BCUT2D eigenvalue weighted by molar-refractivity contribution is -0.697. The normalized spacial score (nSPS) is 11.5.